The van der Waals surface area contributed by atoms with Crippen molar-refractivity contribution >= 4 is 28.7 Å². The molecule has 142 valence electrons. The number of aryl methyl sites for hydroxylation is 1. The van der Waals surface area contributed by atoms with Crippen molar-refractivity contribution in [2.75, 3.05) is 5.32 Å². The van der Waals surface area contributed by atoms with Gasteiger partial charge in [0.15, 0.2) is 0 Å². The molecule has 0 atom stereocenters. The van der Waals surface area contributed by atoms with Gasteiger partial charge in [0.2, 0.25) is 5.91 Å². The number of carbonyl (C=O) groups is 1. The Morgan fingerprint density at radius 3 is 2.00 bits per heavy atom. The number of hydrogen-bond donors (Lipinski definition) is 1. The van der Waals surface area contributed by atoms with E-state index in [0.717, 1.165) is 18.3 Å². The zero-order chi connectivity index (χ0) is 20.3. The molecule has 13 heteroatoms. The average Bonchev–Trinajstić information content (AvgIpc) is 2.94. The van der Waals surface area contributed by atoms with Gasteiger partial charge in [-0.05, 0) is 13.8 Å². The minimum atomic E-state index is -0.774. The molecule has 0 saturated heterocycles. The number of carbonyl (C=O) groups excluding carboxylic acids is 1. The molecule has 1 aromatic carbocycles. The van der Waals surface area contributed by atoms with Crippen LogP contribution in [-0.2, 0) is 11.3 Å². The zero-order valence-corrected chi connectivity index (χ0v) is 14.2. The molecule has 0 spiro atoms. The number of nitro benzene ring substituents is 2. The van der Waals surface area contributed by atoms with Gasteiger partial charge in [-0.3, -0.25) is 39.8 Å². The Hall–Kier alpha value is -3.90. The number of aromatic nitrogens is 2. The third-order valence-electron chi connectivity index (χ3n) is 3.85. The molecule has 1 N–H and O–H groups in total. The third kappa shape index (κ3) is 4.20. The SMILES string of the molecule is Cc1c([N+](=O)[O-])cc(NC(=O)CCn2ncc([N+](=O)[O-])c2C)cc1[N+](=O)[O-]. The number of nitrogens with zero attached hydrogens (tertiary/aromatic N) is 5. The first-order chi connectivity index (χ1) is 12.6. The van der Waals surface area contributed by atoms with Gasteiger partial charge in [-0.2, -0.15) is 5.10 Å². The standard InChI is InChI=1S/C14H14N6O7/c1-8-11(18(22)23)5-10(6-12(8)19(24)25)16-14(21)3-4-17-9(2)13(7-15-17)20(26)27/h5-7H,3-4H2,1-2H3,(H,16,21). The van der Waals surface area contributed by atoms with Gasteiger partial charge in [0.05, 0.1) is 27.0 Å². The summed E-state index contributed by atoms with van der Waals surface area (Å²) in [6, 6.07) is 2.06. The van der Waals surface area contributed by atoms with Crippen LogP contribution in [0.3, 0.4) is 0 Å². The summed E-state index contributed by atoms with van der Waals surface area (Å²) in [6.45, 7) is 2.76. The van der Waals surface area contributed by atoms with E-state index in [2.05, 4.69) is 10.4 Å². The number of nitro groups is 3. The molecule has 1 heterocycles. The number of rotatable bonds is 7. The summed E-state index contributed by atoms with van der Waals surface area (Å²) in [5, 5.41) is 39.0. The van der Waals surface area contributed by atoms with Crippen LogP contribution in [0.1, 0.15) is 17.7 Å². The Morgan fingerprint density at radius 2 is 1.56 bits per heavy atom. The molecule has 0 fully saturated rings. The van der Waals surface area contributed by atoms with E-state index in [1.807, 2.05) is 0 Å². The van der Waals surface area contributed by atoms with Gasteiger partial charge in [0, 0.05) is 18.6 Å². The summed E-state index contributed by atoms with van der Waals surface area (Å²) in [7, 11) is 0. The second kappa shape index (κ2) is 7.55. The van der Waals surface area contributed by atoms with Gasteiger partial charge in [-0.25, -0.2) is 0 Å². The molecule has 0 unspecified atom stereocenters. The van der Waals surface area contributed by atoms with Crippen molar-refractivity contribution < 1.29 is 19.6 Å². The van der Waals surface area contributed by atoms with Crippen LogP contribution < -0.4 is 5.32 Å². The lowest BCUT2D eigenvalue weighted by atomic mass is 10.1. The van der Waals surface area contributed by atoms with Gasteiger partial charge in [-0.15, -0.1) is 0 Å². The second-order valence-electron chi connectivity index (χ2n) is 5.55. The van der Waals surface area contributed by atoms with Crippen LogP contribution in [-0.4, -0.2) is 30.5 Å². The normalized spacial score (nSPS) is 10.4. The lowest BCUT2D eigenvalue weighted by molar-refractivity contribution is -0.395. The maximum absolute atomic E-state index is 12.1. The minimum absolute atomic E-state index is 0.0293. The lowest BCUT2D eigenvalue weighted by Crippen LogP contribution is -2.16. The first-order valence-electron chi connectivity index (χ1n) is 7.52. The van der Waals surface area contributed by atoms with Crippen LogP contribution in [0.5, 0.6) is 0 Å². The van der Waals surface area contributed by atoms with Crippen LogP contribution in [0.2, 0.25) is 0 Å². The minimum Gasteiger partial charge on any atom is -0.326 e. The topological polar surface area (TPSA) is 176 Å². The molecule has 1 amide bonds. The Bertz CT molecular complexity index is 916. The van der Waals surface area contributed by atoms with Gasteiger partial charge in [0.25, 0.3) is 11.4 Å². The summed E-state index contributed by atoms with van der Waals surface area (Å²) in [5.74, 6) is -0.583. The number of hydrogen-bond acceptors (Lipinski definition) is 8. The van der Waals surface area contributed by atoms with Crippen LogP contribution in [0.25, 0.3) is 0 Å². The van der Waals surface area contributed by atoms with E-state index in [9.17, 15) is 35.1 Å². The van der Waals surface area contributed by atoms with Gasteiger partial charge >= 0.3 is 5.69 Å². The van der Waals surface area contributed by atoms with Crippen molar-refractivity contribution in [3.63, 3.8) is 0 Å². The Kier molecular flexibility index (Phi) is 5.43. The van der Waals surface area contributed by atoms with Crippen LogP contribution in [0.4, 0.5) is 22.7 Å². The number of benzene rings is 1. The molecule has 1 aromatic heterocycles. The van der Waals surface area contributed by atoms with E-state index in [1.165, 1.54) is 18.5 Å². The summed E-state index contributed by atoms with van der Waals surface area (Å²) >= 11 is 0. The molecule has 0 aliphatic carbocycles. The number of anilines is 1. The van der Waals surface area contributed by atoms with E-state index < -0.39 is 32.1 Å². The smallest absolute Gasteiger partial charge is 0.309 e. The maximum Gasteiger partial charge on any atom is 0.309 e. The quantitative estimate of drug-likeness (QED) is 0.563. The highest BCUT2D eigenvalue weighted by molar-refractivity contribution is 5.91. The van der Waals surface area contributed by atoms with Gasteiger partial charge in [0.1, 0.15) is 17.5 Å². The average molecular weight is 378 g/mol. The van der Waals surface area contributed by atoms with E-state index in [-0.39, 0.29) is 35.6 Å². The monoisotopic (exact) mass is 378 g/mol. The van der Waals surface area contributed by atoms with Crippen molar-refractivity contribution in [1.29, 1.82) is 0 Å². The number of amides is 1. The van der Waals surface area contributed by atoms with Crippen molar-refractivity contribution in [2.45, 2.75) is 26.8 Å². The Balaban J connectivity index is 2.15. The first-order valence-corrected chi connectivity index (χ1v) is 7.52. The molecule has 13 nitrogen and oxygen atoms in total. The molecule has 0 saturated carbocycles. The van der Waals surface area contributed by atoms with E-state index in [1.54, 1.807) is 0 Å². The van der Waals surface area contributed by atoms with Crippen LogP contribution >= 0.6 is 0 Å². The summed E-state index contributed by atoms with van der Waals surface area (Å²) in [5.41, 5.74) is -1.10. The van der Waals surface area contributed by atoms with Crippen molar-refractivity contribution in [3.8, 4) is 0 Å². The molecule has 27 heavy (non-hydrogen) atoms. The lowest BCUT2D eigenvalue weighted by Gasteiger charge is -2.08. The highest BCUT2D eigenvalue weighted by Crippen LogP contribution is 2.31. The van der Waals surface area contributed by atoms with Crippen molar-refractivity contribution in [2.24, 2.45) is 0 Å². The predicted octanol–water partition coefficient (Wildman–Crippen LogP) is 2.25. The summed E-state index contributed by atoms with van der Waals surface area (Å²) < 4.78 is 1.28. The highest BCUT2D eigenvalue weighted by atomic mass is 16.6. The van der Waals surface area contributed by atoms with Crippen molar-refractivity contribution in [3.05, 3.63) is 59.9 Å². The molecular formula is C14H14N6O7. The van der Waals surface area contributed by atoms with Crippen LogP contribution in [0, 0.1) is 44.2 Å². The third-order valence-corrected chi connectivity index (χ3v) is 3.85. The molecule has 0 aliphatic heterocycles. The summed E-state index contributed by atoms with van der Waals surface area (Å²) in [4.78, 5) is 42.8. The second-order valence-corrected chi connectivity index (χ2v) is 5.55. The van der Waals surface area contributed by atoms with Gasteiger partial charge < -0.3 is 5.32 Å². The number of nitrogens with one attached hydrogen (secondary N) is 1. The van der Waals surface area contributed by atoms with E-state index in [0.29, 0.717) is 0 Å². The molecule has 0 radical (unpaired) electrons. The molecule has 0 bridgehead atoms. The van der Waals surface area contributed by atoms with E-state index >= 15 is 0 Å². The molecular weight excluding hydrogens is 364 g/mol. The fourth-order valence-corrected chi connectivity index (χ4v) is 2.41. The Morgan fingerprint density at radius 1 is 1.04 bits per heavy atom. The largest absolute Gasteiger partial charge is 0.326 e. The molecule has 2 rings (SSSR count). The van der Waals surface area contributed by atoms with Crippen molar-refractivity contribution in [1.82, 2.24) is 9.78 Å². The Labute approximate surface area is 151 Å². The van der Waals surface area contributed by atoms with Crippen LogP contribution in [0.15, 0.2) is 18.3 Å². The first kappa shape index (κ1) is 19.4. The van der Waals surface area contributed by atoms with Gasteiger partial charge in [-0.1, -0.05) is 0 Å². The fraction of sp³-hybridized carbons (Fsp3) is 0.286. The fourth-order valence-electron chi connectivity index (χ4n) is 2.41. The summed E-state index contributed by atoms with van der Waals surface area (Å²) in [6.07, 6.45) is 0.926. The maximum atomic E-state index is 12.1. The van der Waals surface area contributed by atoms with E-state index in [4.69, 9.17) is 0 Å². The zero-order valence-electron chi connectivity index (χ0n) is 14.2. The highest BCUT2D eigenvalue weighted by Gasteiger charge is 2.24. The predicted molar refractivity (Wildman–Crippen MR) is 91.4 cm³/mol. The molecule has 0 aliphatic rings. The molecule has 2 aromatic rings.